The molecule has 0 saturated heterocycles. The van der Waals surface area contributed by atoms with Crippen molar-refractivity contribution in [1.82, 2.24) is 5.32 Å². The molecule has 1 unspecified atom stereocenters. The number of aliphatic hydroxyl groups is 1. The Hall–Kier alpha value is -0.950. The minimum Gasteiger partial charge on any atom is -0.388 e. The fourth-order valence-corrected chi connectivity index (χ4v) is 1.34. The van der Waals surface area contributed by atoms with Gasteiger partial charge in [-0.25, -0.2) is 0 Å². The first-order chi connectivity index (χ1) is 9.78. The van der Waals surface area contributed by atoms with Crippen LogP contribution in [0.4, 0.5) is 0 Å². The SMILES string of the molecule is C=C(C)C(=O)NCCOCC(O)COCC[N+](C)(C)CC. The average Bonchev–Trinajstić information content (AvgIpc) is 2.43. The minimum absolute atomic E-state index is 0.181. The summed E-state index contributed by atoms with van der Waals surface area (Å²) in [7, 11) is 4.28. The number of carbonyl (C=O) groups is 1. The van der Waals surface area contributed by atoms with E-state index in [9.17, 15) is 9.90 Å². The highest BCUT2D eigenvalue weighted by molar-refractivity contribution is 5.91. The zero-order valence-corrected chi connectivity index (χ0v) is 13.9. The number of quaternary nitrogens is 1. The Balaban J connectivity index is 3.49. The molecule has 0 aromatic heterocycles. The molecule has 0 aliphatic carbocycles. The molecule has 0 aromatic rings. The number of hydrogen-bond donors (Lipinski definition) is 2. The van der Waals surface area contributed by atoms with Gasteiger partial charge in [0.25, 0.3) is 0 Å². The molecule has 0 aliphatic rings. The number of nitrogens with one attached hydrogen (secondary N) is 1. The smallest absolute Gasteiger partial charge is 0.246 e. The van der Waals surface area contributed by atoms with Gasteiger partial charge in [0, 0.05) is 12.1 Å². The lowest BCUT2D eigenvalue weighted by atomic mass is 10.3. The molecule has 21 heavy (non-hydrogen) atoms. The molecule has 0 aromatic carbocycles. The normalized spacial score (nSPS) is 13.0. The predicted octanol–water partition coefficient (Wildman–Crippen LogP) is 0.169. The van der Waals surface area contributed by atoms with Crippen molar-refractivity contribution < 1.29 is 23.9 Å². The summed E-state index contributed by atoms with van der Waals surface area (Å²) in [4.78, 5) is 11.2. The first-order valence-corrected chi connectivity index (χ1v) is 7.37. The van der Waals surface area contributed by atoms with E-state index in [0.717, 1.165) is 17.6 Å². The summed E-state index contributed by atoms with van der Waals surface area (Å²) in [5, 5.41) is 12.3. The van der Waals surface area contributed by atoms with E-state index in [1.807, 2.05) is 0 Å². The molecule has 0 rings (SSSR count). The van der Waals surface area contributed by atoms with Crippen LogP contribution in [0, 0.1) is 0 Å². The molecule has 0 bridgehead atoms. The van der Waals surface area contributed by atoms with Gasteiger partial charge in [-0.05, 0) is 13.8 Å². The molecule has 0 aliphatic heterocycles. The Bertz CT molecular complexity index is 319. The van der Waals surface area contributed by atoms with Gasteiger partial charge in [0.2, 0.25) is 5.91 Å². The Morgan fingerprint density at radius 2 is 1.86 bits per heavy atom. The second-order valence-corrected chi connectivity index (χ2v) is 5.82. The first kappa shape index (κ1) is 20.1. The van der Waals surface area contributed by atoms with Gasteiger partial charge in [0.15, 0.2) is 0 Å². The highest BCUT2D eigenvalue weighted by atomic mass is 16.5. The highest BCUT2D eigenvalue weighted by Gasteiger charge is 2.12. The molecule has 1 atom stereocenters. The molecule has 0 saturated carbocycles. The van der Waals surface area contributed by atoms with Gasteiger partial charge in [0.05, 0.1) is 47.1 Å². The molecule has 1 amide bonds. The van der Waals surface area contributed by atoms with E-state index in [0.29, 0.717) is 25.3 Å². The minimum atomic E-state index is -0.640. The fraction of sp³-hybridized carbons (Fsp3) is 0.800. The monoisotopic (exact) mass is 303 g/mol. The van der Waals surface area contributed by atoms with Gasteiger partial charge in [0.1, 0.15) is 12.6 Å². The lowest BCUT2D eigenvalue weighted by Crippen LogP contribution is -2.42. The summed E-state index contributed by atoms with van der Waals surface area (Å²) in [5.74, 6) is -0.181. The van der Waals surface area contributed by atoms with Crippen molar-refractivity contribution in [3.05, 3.63) is 12.2 Å². The summed E-state index contributed by atoms with van der Waals surface area (Å²) < 4.78 is 11.6. The fourth-order valence-electron chi connectivity index (χ4n) is 1.34. The predicted molar refractivity (Wildman–Crippen MR) is 83.0 cm³/mol. The highest BCUT2D eigenvalue weighted by Crippen LogP contribution is 1.96. The van der Waals surface area contributed by atoms with Crippen LogP contribution in [-0.4, -0.2) is 81.8 Å². The maximum absolute atomic E-state index is 11.2. The van der Waals surface area contributed by atoms with Crippen LogP contribution in [0.25, 0.3) is 0 Å². The molecule has 2 N–H and O–H groups in total. The second-order valence-electron chi connectivity index (χ2n) is 5.82. The zero-order valence-electron chi connectivity index (χ0n) is 13.9. The van der Waals surface area contributed by atoms with Crippen molar-refractivity contribution in [2.45, 2.75) is 20.0 Å². The number of rotatable bonds is 12. The molecule has 0 radical (unpaired) electrons. The van der Waals surface area contributed by atoms with Gasteiger partial charge in [-0.3, -0.25) is 4.79 Å². The van der Waals surface area contributed by atoms with Crippen LogP contribution >= 0.6 is 0 Å². The molecule has 0 spiro atoms. The van der Waals surface area contributed by atoms with E-state index in [4.69, 9.17) is 9.47 Å². The van der Waals surface area contributed by atoms with Crippen LogP contribution < -0.4 is 5.32 Å². The van der Waals surface area contributed by atoms with Gasteiger partial charge in [-0.1, -0.05) is 6.58 Å². The maximum Gasteiger partial charge on any atom is 0.246 e. The van der Waals surface area contributed by atoms with Gasteiger partial charge in [-0.15, -0.1) is 0 Å². The van der Waals surface area contributed by atoms with E-state index in [1.165, 1.54) is 0 Å². The molecule has 124 valence electrons. The van der Waals surface area contributed by atoms with Crippen molar-refractivity contribution in [2.24, 2.45) is 0 Å². The van der Waals surface area contributed by atoms with Crippen molar-refractivity contribution in [1.29, 1.82) is 0 Å². The van der Waals surface area contributed by atoms with Gasteiger partial charge >= 0.3 is 0 Å². The maximum atomic E-state index is 11.2. The Labute approximate surface area is 128 Å². The largest absolute Gasteiger partial charge is 0.388 e. The topological polar surface area (TPSA) is 67.8 Å². The lowest BCUT2D eigenvalue weighted by Gasteiger charge is -2.28. The van der Waals surface area contributed by atoms with Crippen molar-refractivity contribution in [2.75, 3.05) is 60.2 Å². The van der Waals surface area contributed by atoms with Gasteiger partial charge < -0.3 is 24.4 Å². The lowest BCUT2D eigenvalue weighted by molar-refractivity contribution is -0.888. The molecular formula is C15H31N2O4+. The van der Waals surface area contributed by atoms with Crippen LogP contribution in [0.1, 0.15) is 13.8 Å². The molecule has 6 heteroatoms. The summed E-state index contributed by atoms with van der Waals surface area (Å²) in [6.45, 7) is 11.1. The van der Waals surface area contributed by atoms with Gasteiger partial charge in [-0.2, -0.15) is 0 Å². The number of likely N-dealkylation sites (N-methyl/N-ethyl adjacent to an activating group) is 1. The van der Waals surface area contributed by atoms with Crippen molar-refractivity contribution in [3.8, 4) is 0 Å². The van der Waals surface area contributed by atoms with E-state index < -0.39 is 6.10 Å². The number of aliphatic hydroxyl groups excluding tert-OH is 1. The van der Waals surface area contributed by atoms with E-state index >= 15 is 0 Å². The summed E-state index contributed by atoms with van der Waals surface area (Å²) in [6.07, 6.45) is -0.640. The van der Waals surface area contributed by atoms with Crippen LogP contribution in [0.15, 0.2) is 12.2 Å². The number of carbonyl (C=O) groups excluding carboxylic acids is 1. The molecule has 0 heterocycles. The van der Waals surface area contributed by atoms with E-state index in [1.54, 1.807) is 6.92 Å². The summed E-state index contributed by atoms with van der Waals surface area (Å²) >= 11 is 0. The number of amides is 1. The third kappa shape index (κ3) is 11.4. The first-order valence-electron chi connectivity index (χ1n) is 7.37. The number of nitrogens with zero attached hydrogens (tertiary/aromatic N) is 1. The second kappa shape index (κ2) is 10.7. The standard InChI is InChI=1S/C15H30N2O4/c1-6-17(4,5)8-10-21-12-14(18)11-20-9-7-16-15(19)13(2)3/h14,18H,2,6-12H2,1,3-5H3/p+1. The van der Waals surface area contributed by atoms with E-state index in [-0.39, 0.29) is 19.1 Å². The van der Waals surface area contributed by atoms with E-state index in [2.05, 4.69) is 32.9 Å². The number of hydrogen-bond acceptors (Lipinski definition) is 4. The molecule has 6 nitrogen and oxygen atoms in total. The quantitative estimate of drug-likeness (QED) is 0.306. The number of ether oxygens (including phenoxy) is 2. The van der Waals surface area contributed by atoms with Crippen LogP contribution in [-0.2, 0) is 14.3 Å². The summed E-state index contributed by atoms with van der Waals surface area (Å²) in [6, 6.07) is 0. The van der Waals surface area contributed by atoms with Crippen LogP contribution in [0.2, 0.25) is 0 Å². The Morgan fingerprint density at radius 3 is 2.38 bits per heavy atom. The molecule has 0 fully saturated rings. The van der Waals surface area contributed by atoms with Crippen molar-refractivity contribution in [3.63, 3.8) is 0 Å². The Morgan fingerprint density at radius 1 is 1.29 bits per heavy atom. The summed E-state index contributed by atoms with van der Waals surface area (Å²) in [5.41, 5.74) is 0.469. The Kier molecular flexibility index (Phi) is 10.2. The molecular weight excluding hydrogens is 272 g/mol. The average molecular weight is 303 g/mol. The third-order valence-electron chi connectivity index (χ3n) is 3.24. The van der Waals surface area contributed by atoms with Crippen LogP contribution in [0.3, 0.4) is 0 Å². The van der Waals surface area contributed by atoms with Crippen molar-refractivity contribution >= 4 is 5.91 Å². The van der Waals surface area contributed by atoms with Crippen LogP contribution in [0.5, 0.6) is 0 Å². The zero-order chi connectivity index (χ0) is 16.3. The third-order valence-corrected chi connectivity index (χ3v) is 3.24.